The van der Waals surface area contributed by atoms with Gasteiger partial charge in [-0.25, -0.2) is 0 Å². The van der Waals surface area contributed by atoms with Crippen LogP contribution in [0.5, 0.6) is 0 Å². The fourth-order valence-electron chi connectivity index (χ4n) is 6.09. The smallest absolute Gasteiger partial charge is 0.00266 e. The molecule has 0 N–H and O–H groups in total. The minimum atomic E-state index is 1.21. The van der Waals surface area contributed by atoms with E-state index in [-0.39, 0.29) is 0 Å². The van der Waals surface area contributed by atoms with Crippen LogP contribution in [-0.4, -0.2) is 0 Å². The van der Waals surface area contributed by atoms with Crippen LogP contribution in [0.4, 0.5) is 0 Å². The quantitative estimate of drug-likeness (QED) is 0.170. The molecule has 0 saturated carbocycles. The van der Waals surface area contributed by atoms with Crippen LogP contribution >= 0.6 is 0 Å². The maximum atomic E-state index is 2.34. The minimum absolute atomic E-state index is 1.21. The molecule has 0 heteroatoms. The van der Waals surface area contributed by atoms with Crippen LogP contribution in [0.25, 0.3) is 76.8 Å². The Morgan fingerprint density at radius 2 is 0.632 bits per heavy atom. The summed E-state index contributed by atoms with van der Waals surface area (Å²) in [5.74, 6) is 0. The van der Waals surface area contributed by atoms with Crippen molar-refractivity contribution in [2.45, 2.75) is 0 Å². The van der Waals surface area contributed by atoms with Crippen LogP contribution in [0.1, 0.15) is 11.1 Å². The topological polar surface area (TPSA) is 0 Å². The predicted molar refractivity (Wildman–Crippen MR) is 167 cm³/mol. The third kappa shape index (κ3) is 3.31. The molecule has 8 aromatic carbocycles. The summed E-state index contributed by atoms with van der Waals surface area (Å²) in [6.45, 7) is 0. The average Bonchev–Trinajstić information content (AvgIpc) is 2.99. The summed E-state index contributed by atoms with van der Waals surface area (Å²) >= 11 is 0. The highest BCUT2D eigenvalue weighted by Crippen LogP contribution is 2.34. The first-order valence-electron chi connectivity index (χ1n) is 13.2. The van der Waals surface area contributed by atoms with Gasteiger partial charge in [0.25, 0.3) is 0 Å². The van der Waals surface area contributed by atoms with Gasteiger partial charge in [0.15, 0.2) is 0 Å². The molecule has 0 fully saturated rings. The zero-order chi connectivity index (χ0) is 25.1. The van der Waals surface area contributed by atoms with E-state index in [1.165, 1.54) is 75.8 Å². The van der Waals surface area contributed by atoms with Crippen molar-refractivity contribution in [3.63, 3.8) is 0 Å². The second kappa shape index (κ2) is 8.30. The third-order valence-corrected chi connectivity index (χ3v) is 7.97. The van der Waals surface area contributed by atoms with E-state index in [1.807, 2.05) is 0 Å². The second-order valence-corrected chi connectivity index (χ2v) is 10.2. The summed E-state index contributed by atoms with van der Waals surface area (Å²) in [7, 11) is 0. The van der Waals surface area contributed by atoms with Gasteiger partial charge >= 0.3 is 0 Å². The molecule has 0 radical (unpaired) electrons. The van der Waals surface area contributed by atoms with Gasteiger partial charge in [-0.3, -0.25) is 0 Å². The maximum Gasteiger partial charge on any atom is -0.00266 e. The van der Waals surface area contributed by atoms with E-state index in [0.29, 0.717) is 0 Å². The first-order valence-corrected chi connectivity index (χ1v) is 13.2. The number of fused-ring (bicyclic) bond motifs is 10. The zero-order valence-corrected chi connectivity index (χ0v) is 20.9. The molecule has 0 aliphatic carbocycles. The zero-order valence-electron chi connectivity index (χ0n) is 20.9. The van der Waals surface area contributed by atoms with E-state index in [1.54, 1.807) is 0 Å². The van der Waals surface area contributed by atoms with Crippen molar-refractivity contribution in [1.82, 2.24) is 0 Å². The molecule has 0 aliphatic rings. The molecule has 0 heterocycles. The summed E-state index contributed by atoms with van der Waals surface area (Å²) in [6, 6.07) is 48.9. The SMILES string of the molecule is C(=C\c1ccc2ccc3ccc4ccccc4c3c2c1)/c1ccc2ccc3ccc4ccccc4c3c2c1. The third-order valence-electron chi connectivity index (χ3n) is 7.97. The van der Waals surface area contributed by atoms with Gasteiger partial charge in [-0.2, -0.15) is 0 Å². The molecule has 0 aromatic heterocycles. The Hall–Kier alpha value is -4.94. The van der Waals surface area contributed by atoms with Crippen LogP contribution in [0, 0.1) is 0 Å². The fraction of sp³-hybridized carbons (Fsp3) is 0. The van der Waals surface area contributed by atoms with Crippen molar-refractivity contribution in [2.24, 2.45) is 0 Å². The van der Waals surface area contributed by atoms with Gasteiger partial charge in [-0.15, -0.1) is 0 Å². The molecule has 0 atom stereocenters. The number of rotatable bonds is 2. The van der Waals surface area contributed by atoms with Crippen molar-refractivity contribution < 1.29 is 0 Å². The molecule has 0 unspecified atom stereocenters. The second-order valence-electron chi connectivity index (χ2n) is 10.2. The lowest BCUT2D eigenvalue weighted by Gasteiger charge is -2.09. The van der Waals surface area contributed by atoms with Crippen molar-refractivity contribution in [2.75, 3.05) is 0 Å². The predicted octanol–water partition coefficient (Wildman–Crippen LogP) is 10.8. The van der Waals surface area contributed by atoms with Crippen molar-refractivity contribution in [3.05, 3.63) is 145 Å². The molecule has 0 bridgehead atoms. The molecule has 0 spiro atoms. The standard InChI is InChI=1S/C38H24/c1-3-7-33-27(5-1)15-19-31-21-17-29-13-11-25(23-35(29)37(31)33)9-10-26-12-14-30-18-22-32-20-16-28-6-2-4-8-34(28)38(32)36(30)24-26/h1-24H/b10-9+. The number of benzene rings is 8. The van der Waals surface area contributed by atoms with Crippen LogP contribution in [0.2, 0.25) is 0 Å². The lowest BCUT2D eigenvalue weighted by Crippen LogP contribution is -1.83. The summed E-state index contributed by atoms with van der Waals surface area (Å²) in [5.41, 5.74) is 2.42. The molecule has 38 heavy (non-hydrogen) atoms. The van der Waals surface area contributed by atoms with Gasteiger partial charge in [0.2, 0.25) is 0 Å². The number of hydrogen-bond acceptors (Lipinski definition) is 0. The van der Waals surface area contributed by atoms with Crippen molar-refractivity contribution in [1.29, 1.82) is 0 Å². The van der Waals surface area contributed by atoms with Crippen LogP contribution in [-0.2, 0) is 0 Å². The molecule has 0 aliphatic heterocycles. The lowest BCUT2D eigenvalue weighted by atomic mass is 9.94. The maximum absolute atomic E-state index is 2.34. The summed E-state index contributed by atoms with van der Waals surface area (Å²) in [6.07, 6.45) is 4.49. The normalized spacial score (nSPS) is 12.1. The van der Waals surface area contributed by atoms with Gasteiger partial charge < -0.3 is 0 Å². The van der Waals surface area contributed by atoms with E-state index >= 15 is 0 Å². The molecular weight excluding hydrogens is 456 g/mol. The van der Waals surface area contributed by atoms with Crippen LogP contribution in [0.15, 0.2) is 133 Å². The van der Waals surface area contributed by atoms with Gasteiger partial charge in [0.05, 0.1) is 0 Å². The van der Waals surface area contributed by atoms with Crippen molar-refractivity contribution in [3.8, 4) is 0 Å². The van der Waals surface area contributed by atoms with Gasteiger partial charge in [-0.05, 0) is 87.9 Å². The molecule has 0 amide bonds. The highest BCUT2D eigenvalue weighted by molar-refractivity contribution is 6.21. The number of hydrogen-bond donors (Lipinski definition) is 0. The summed E-state index contributed by atoms with van der Waals surface area (Å²) in [5, 5.41) is 15.6. The monoisotopic (exact) mass is 480 g/mol. The Kier molecular flexibility index (Phi) is 4.62. The molecule has 8 rings (SSSR count). The van der Waals surface area contributed by atoms with E-state index in [9.17, 15) is 0 Å². The Bertz CT molecular complexity index is 2060. The lowest BCUT2D eigenvalue weighted by molar-refractivity contribution is 1.71. The highest BCUT2D eigenvalue weighted by Gasteiger charge is 2.07. The Morgan fingerprint density at radius 1 is 0.289 bits per heavy atom. The summed E-state index contributed by atoms with van der Waals surface area (Å²) in [4.78, 5) is 0. The van der Waals surface area contributed by atoms with Crippen molar-refractivity contribution >= 4 is 76.8 Å². The van der Waals surface area contributed by atoms with E-state index in [4.69, 9.17) is 0 Å². The summed E-state index contributed by atoms with van der Waals surface area (Å²) < 4.78 is 0. The first-order chi connectivity index (χ1) is 18.8. The highest BCUT2D eigenvalue weighted by atomic mass is 14.1. The van der Waals surface area contributed by atoms with E-state index in [2.05, 4.69) is 146 Å². The van der Waals surface area contributed by atoms with Gasteiger partial charge in [-0.1, -0.05) is 133 Å². The average molecular weight is 481 g/mol. The Balaban J connectivity index is 1.28. The minimum Gasteiger partial charge on any atom is -0.0616 e. The molecule has 0 nitrogen and oxygen atoms in total. The molecular formula is C38H24. The Morgan fingerprint density at radius 3 is 1.08 bits per heavy atom. The van der Waals surface area contributed by atoms with Gasteiger partial charge in [0, 0.05) is 0 Å². The van der Waals surface area contributed by atoms with Crippen LogP contribution < -0.4 is 0 Å². The van der Waals surface area contributed by atoms with E-state index in [0.717, 1.165) is 0 Å². The molecule has 0 saturated heterocycles. The largest absolute Gasteiger partial charge is 0.0616 e. The fourth-order valence-corrected chi connectivity index (χ4v) is 6.09. The molecule has 8 aromatic rings. The Labute approximate surface area is 221 Å². The first kappa shape index (κ1) is 21.2. The molecule has 176 valence electrons. The van der Waals surface area contributed by atoms with Crippen LogP contribution in [0.3, 0.4) is 0 Å². The van der Waals surface area contributed by atoms with Gasteiger partial charge in [0.1, 0.15) is 0 Å². The van der Waals surface area contributed by atoms with E-state index < -0.39 is 0 Å².